The lowest BCUT2D eigenvalue weighted by atomic mass is 10.2. The molecule has 7 heteroatoms. The highest BCUT2D eigenvalue weighted by molar-refractivity contribution is 6.32. The number of pyridine rings is 1. The third-order valence-corrected chi connectivity index (χ3v) is 3.07. The van der Waals surface area contributed by atoms with Crippen molar-refractivity contribution >= 4 is 28.8 Å². The molecule has 0 amide bonds. The van der Waals surface area contributed by atoms with Crippen LogP contribution in [-0.4, -0.2) is 19.2 Å². The van der Waals surface area contributed by atoms with Gasteiger partial charge in [-0.3, -0.25) is 0 Å². The minimum Gasteiger partial charge on any atom is -0.495 e. The number of hydrogen-bond acceptors (Lipinski definition) is 6. The van der Waals surface area contributed by atoms with E-state index in [-0.39, 0.29) is 0 Å². The number of ether oxygens (including phenoxy) is 2. The average molecular weight is 305 g/mol. The molecule has 1 aromatic carbocycles. The standard InChI is InChI=1S/C14H13ClN4O2/c1-20-12-5-11(13(21-2)4-9(12)15)19-14-10(17)3-8(6-16)7-18-14/h3-5,7H,17H2,1-2H3,(H,18,19). The summed E-state index contributed by atoms with van der Waals surface area (Å²) in [6, 6.07) is 6.82. The van der Waals surface area contributed by atoms with Crippen molar-refractivity contribution in [1.82, 2.24) is 4.98 Å². The second-order valence-corrected chi connectivity index (χ2v) is 4.49. The molecular formula is C14H13ClN4O2. The molecule has 1 aromatic heterocycles. The lowest BCUT2D eigenvalue weighted by Gasteiger charge is -2.14. The van der Waals surface area contributed by atoms with Gasteiger partial charge >= 0.3 is 0 Å². The van der Waals surface area contributed by atoms with Gasteiger partial charge in [0.05, 0.1) is 36.2 Å². The second-order valence-electron chi connectivity index (χ2n) is 4.09. The lowest BCUT2D eigenvalue weighted by Crippen LogP contribution is -2.02. The minimum atomic E-state index is 0.352. The molecule has 0 radical (unpaired) electrons. The molecule has 0 saturated heterocycles. The van der Waals surface area contributed by atoms with E-state index >= 15 is 0 Å². The number of halogens is 1. The predicted molar refractivity (Wildman–Crippen MR) is 81.2 cm³/mol. The van der Waals surface area contributed by atoms with Gasteiger partial charge in [-0.05, 0) is 6.07 Å². The fourth-order valence-electron chi connectivity index (χ4n) is 1.73. The number of nitrogens with one attached hydrogen (secondary N) is 1. The summed E-state index contributed by atoms with van der Waals surface area (Å²) < 4.78 is 10.4. The van der Waals surface area contributed by atoms with Gasteiger partial charge < -0.3 is 20.5 Å². The number of methoxy groups -OCH3 is 2. The molecule has 0 aliphatic heterocycles. The Balaban J connectivity index is 2.41. The maximum Gasteiger partial charge on any atom is 0.153 e. The summed E-state index contributed by atoms with van der Waals surface area (Å²) in [5.41, 5.74) is 7.20. The minimum absolute atomic E-state index is 0.352. The van der Waals surface area contributed by atoms with Crippen LogP contribution in [0.15, 0.2) is 24.4 Å². The van der Waals surface area contributed by atoms with Crippen LogP contribution < -0.4 is 20.5 Å². The summed E-state index contributed by atoms with van der Waals surface area (Å²) in [6.07, 6.45) is 1.43. The van der Waals surface area contributed by atoms with E-state index < -0.39 is 0 Å². The van der Waals surface area contributed by atoms with E-state index in [0.717, 1.165) is 0 Å². The zero-order chi connectivity index (χ0) is 15.4. The number of hydrogen-bond donors (Lipinski definition) is 2. The van der Waals surface area contributed by atoms with Gasteiger partial charge in [-0.15, -0.1) is 0 Å². The Labute approximate surface area is 127 Å². The van der Waals surface area contributed by atoms with Crippen LogP contribution in [0.4, 0.5) is 17.2 Å². The van der Waals surface area contributed by atoms with E-state index in [1.807, 2.05) is 6.07 Å². The van der Waals surface area contributed by atoms with E-state index in [9.17, 15) is 0 Å². The van der Waals surface area contributed by atoms with Crippen LogP contribution in [0.3, 0.4) is 0 Å². The first-order valence-electron chi connectivity index (χ1n) is 5.93. The number of anilines is 3. The molecule has 0 spiro atoms. The molecule has 2 rings (SSSR count). The molecule has 0 saturated carbocycles. The Kier molecular flexibility index (Phi) is 4.36. The van der Waals surface area contributed by atoms with Crippen LogP contribution in [-0.2, 0) is 0 Å². The summed E-state index contributed by atoms with van der Waals surface area (Å²) in [5, 5.41) is 12.3. The first kappa shape index (κ1) is 14.8. The molecule has 0 fully saturated rings. The summed E-state index contributed by atoms with van der Waals surface area (Å²) in [4.78, 5) is 4.11. The number of nitriles is 1. The van der Waals surface area contributed by atoms with Gasteiger partial charge in [0.2, 0.25) is 0 Å². The van der Waals surface area contributed by atoms with Crippen molar-refractivity contribution in [2.45, 2.75) is 0 Å². The SMILES string of the molecule is COc1cc(Nc2ncc(C#N)cc2N)c(OC)cc1Cl. The molecule has 0 unspecified atom stereocenters. The summed E-state index contributed by atoms with van der Waals surface area (Å²) >= 11 is 6.04. The van der Waals surface area contributed by atoms with Crippen molar-refractivity contribution in [2.24, 2.45) is 0 Å². The molecule has 108 valence electrons. The van der Waals surface area contributed by atoms with E-state index in [2.05, 4.69) is 10.3 Å². The highest BCUT2D eigenvalue weighted by atomic mass is 35.5. The Morgan fingerprint density at radius 1 is 1.24 bits per heavy atom. The number of benzene rings is 1. The van der Waals surface area contributed by atoms with Crippen LogP contribution in [0.5, 0.6) is 11.5 Å². The van der Waals surface area contributed by atoms with Crippen LogP contribution in [0.1, 0.15) is 5.56 Å². The summed E-state index contributed by atoms with van der Waals surface area (Å²) in [6.45, 7) is 0. The topological polar surface area (TPSA) is 93.2 Å². The smallest absolute Gasteiger partial charge is 0.153 e. The molecule has 0 bridgehead atoms. The first-order chi connectivity index (χ1) is 10.1. The van der Waals surface area contributed by atoms with Crippen LogP contribution in [0.25, 0.3) is 0 Å². The number of nitrogens with zero attached hydrogens (tertiary/aromatic N) is 2. The van der Waals surface area contributed by atoms with E-state index in [0.29, 0.717) is 39.3 Å². The van der Waals surface area contributed by atoms with Gasteiger partial charge in [0, 0.05) is 18.3 Å². The average Bonchev–Trinajstić information content (AvgIpc) is 2.50. The highest BCUT2D eigenvalue weighted by Gasteiger charge is 2.12. The van der Waals surface area contributed by atoms with Crippen molar-refractivity contribution in [3.8, 4) is 17.6 Å². The second kappa shape index (κ2) is 6.20. The molecule has 0 aliphatic rings. The molecule has 0 atom stereocenters. The van der Waals surface area contributed by atoms with Crippen molar-refractivity contribution in [3.05, 3.63) is 35.0 Å². The van der Waals surface area contributed by atoms with Crippen molar-refractivity contribution in [2.75, 3.05) is 25.3 Å². The Bertz CT molecular complexity index is 713. The van der Waals surface area contributed by atoms with Crippen LogP contribution in [0.2, 0.25) is 5.02 Å². The van der Waals surface area contributed by atoms with Gasteiger partial charge in [0.1, 0.15) is 17.6 Å². The summed E-state index contributed by atoms with van der Waals surface area (Å²) in [7, 11) is 3.05. The molecule has 1 heterocycles. The predicted octanol–water partition coefficient (Wildman–Crippen LogP) is 2.95. The zero-order valence-corrected chi connectivity index (χ0v) is 12.2. The van der Waals surface area contributed by atoms with E-state index in [4.69, 9.17) is 32.1 Å². The Morgan fingerprint density at radius 2 is 1.95 bits per heavy atom. The normalized spacial score (nSPS) is 9.81. The van der Waals surface area contributed by atoms with E-state index in [1.165, 1.54) is 26.5 Å². The molecule has 6 nitrogen and oxygen atoms in total. The maximum absolute atomic E-state index is 8.81. The van der Waals surface area contributed by atoms with E-state index in [1.54, 1.807) is 12.1 Å². The molecular weight excluding hydrogens is 292 g/mol. The number of nitrogens with two attached hydrogens (primary N) is 1. The first-order valence-corrected chi connectivity index (χ1v) is 6.31. The van der Waals surface area contributed by atoms with Gasteiger partial charge in [0.25, 0.3) is 0 Å². The molecule has 3 N–H and O–H groups in total. The van der Waals surface area contributed by atoms with Crippen molar-refractivity contribution in [1.29, 1.82) is 5.26 Å². The molecule has 0 aliphatic carbocycles. The number of rotatable bonds is 4. The lowest BCUT2D eigenvalue weighted by molar-refractivity contribution is 0.405. The van der Waals surface area contributed by atoms with Crippen molar-refractivity contribution < 1.29 is 9.47 Å². The van der Waals surface area contributed by atoms with Crippen molar-refractivity contribution in [3.63, 3.8) is 0 Å². The maximum atomic E-state index is 8.81. The highest BCUT2D eigenvalue weighted by Crippen LogP contribution is 2.37. The quantitative estimate of drug-likeness (QED) is 0.902. The number of aromatic nitrogens is 1. The fourth-order valence-corrected chi connectivity index (χ4v) is 1.96. The van der Waals surface area contributed by atoms with Gasteiger partial charge in [-0.2, -0.15) is 5.26 Å². The summed E-state index contributed by atoms with van der Waals surface area (Å²) in [5.74, 6) is 1.43. The Morgan fingerprint density at radius 3 is 2.52 bits per heavy atom. The third-order valence-electron chi connectivity index (χ3n) is 2.77. The molecule has 21 heavy (non-hydrogen) atoms. The number of nitrogen functional groups attached to an aromatic ring is 1. The largest absolute Gasteiger partial charge is 0.495 e. The Hall–Kier alpha value is -2.65. The van der Waals surface area contributed by atoms with Crippen LogP contribution in [0, 0.1) is 11.3 Å². The fraction of sp³-hybridized carbons (Fsp3) is 0.143. The monoisotopic (exact) mass is 304 g/mol. The van der Waals surface area contributed by atoms with Gasteiger partial charge in [0.15, 0.2) is 5.82 Å². The van der Waals surface area contributed by atoms with Crippen LogP contribution >= 0.6 is 11.6 Å². The molecule has 2 aromatic rings. The van der Waals surface area contributed by atoms with Gasteiger partial charge in [-0.1, -0.05) is 11.6 Å². The third kappa shape index (κ3) is 3.09. The van der Waals surface area contributed by atoms with Gasteiger partial charge in [-0.25, -0.2) is 4.98 Å². The zero-order valence-electron chi connectivity index (χ0n) is 11.5.